The molecule has 0 amide bonds. The van der Waals surface area contributed by atoms with Crippen molar-refractivity contribution >= 4 is 33.2 Å². The van der Waals surface area contributed by atoms with E-state index >= 15 is 0 Å². The van der Waals surface area contributed by atoms with Gasteiger partial charge in [0.05, 0.1) is 15.2 Å². The topological polar surface area (TPSA) is 12.9 Å². The summed E-state index contributed by atoms with van der Waals surface area (Å²) in [5, 5.41) is 1.91. The van der Waals surface area contributed by atoms with Crippen LogP contribution in [0.2, 0.25) is 5.02 Å². The van der Waals surface area contributed by atoms with Gasteiger partial charge >= 0.3 is 0 Å². The van der Waals surface area contributed by atoms with Crippen molar-refractivity contribution in [2.24, 2.45) is 0 Å². The second kappa shape index (κ2) is 4.47. The van der Waals surface area contributed by atoms with Crippen molar-refractivity contribution in [2.45, 2.75) is 6.42 Å². The molecule has 3 aromatic rings. The molecule has 1 nitrogen and oxygen atoms in total. The summed E-state index contributed by atoms with van der Waals surface area (Å²) < 4.78 is 1.24. The van der Waals surface area contributed by atoms with Crippen molar-refractivity contribution in [2.75, 3.05) is 0 Å². The number of thiazole rings is 1. The maximum Gasteiger partial charge on any atom is 0.0982 e. The Hall–Kier alpha value is -1.38. The van der Waals surface area contributed by atoms with E-state index in [1.165, 1.54) is 10.3 Å². The molecule has 84 valence electrons. The van der Waals surface area contributed by atoms with Gasteiger partial charge < -0.3 is 0 Å². The first-order valence-electron chi connectivity index (χ1n) is 5.40. The maximum atomic E-state index is 5.97. The quantitative estimate of drug-likeness (QED) is 0.658. The number of rotatable bonds is 2. The fourth-order valence-electron chi connectivity index (χ4n) is 1.82. The molecule has 0 N–H and O–H groups in total. The summed E-state index contributed by atoms with van der Waals surface area (Å²) in [6.45, 7) is 0. The molecule has 0 radical (unpaired) electrons. The highest BCUT2D eigenvalue weighted by molar-refractivity contribution is 7.18. The molecular weight excluding hydrogens is 250 g/mol. The summed E-state index contributed by atoms with van der Waals surface area (Å²) in [6.07, 6.45) is 0.847. The zero-order chi connectivity index (χ0) is 11.7. The van der Waals surface area contributed by atoms with Crippen molar-refractivity contribution < 1.29 is 0 Å². The largest absolute Gasteiger partial charge is 0.241 e. The number of fused-ring (bicyclic) bond motifs is 1. The van der Waals surface area contributed by atoms with Crippen LogP contribution in [0.4, 0.5) is 0 Å². The van der Waals surface area contributed by atoms with E-state index in [1.807, 2.05) is 36.4 Å². The van der Waals surface area contributed by atoms with Crippen molar-refractivity contribution in [3.63, 3.8) is 0 Å². The SMILES string of the molecule is Clc1cccc(Cc2nc3ccccc3s2)c1. The van der Waals surface area contributed by atoms with Gasteiger partial charge in [-0.25, -0.2) is 4.98 Å². The Morgan fingerprint density at radius 2 is 1.94 bits per heavy atom. The smallest absolute Gasteiger partial charge is 0.0982 e. The van der Waals surface area contributed by atoms with Crippen LogP contribution >= 0.6 is 22.9 Å². The van der Waals surface area contributed by atoms with Gasteiger partial charge in [-0.15, -0.1) is 11.3 Å². The standard InChI is InChI=1S/C14H10ClNS/c15-11-5-3-4-10(8-11)9-14-16-12-6-1-2-7-13(12)17-14/h1-8H,9H2. The Kier molecular flexibility index (Phi) is 2.83. The Labute approximate surface area is 109 Å². The monoisotopic (exact) mass is 259 g/mol. The zero-order valence-corrected chi connectivity index (χ0v) is 10.6. The predicted molar refractivity (Wildman–Crippen MR) is 73.9 cm³/mol. The highest BCUT2D eigenvalue weighted by Gasteiger charge is 2.04. The lowest BCUT2D eigenvalue weighted by Gasteiger charge is -1.97. The van der Waals surface area contributed by atoms with E-state index in [4.69, 9.17) is 11.6 Å². The molecule has 1 aromatic heterocycles. The summed E-state index contributed by atoms with van der Waals surface area (Å²) in [7, 11) is 0. The lowest BCUT2D eigenvalue weighted by molar-refractivity contribution is 1.16. The van der Waals surface area contributed by atoms with Gasteiger partial charge in [-0.3, -0.25) is 0 Å². The number of para-hydroxylation sites is 1. The predicted octanol–water partition coefficient (Wildman–Crippen LogP) is 4.54. The molecule has 3 heteroatoms. The number of hydrogen-bond acceptors (Lipinski definition) is 2. The van der Waals surface area contributed by atoms with E-state index in [0.717, 1.165) is 22.0 Å². The van der Waals surface area contributed by atoms with Gasteiger partial charge in [0.1, 0.15) is 0 Å². The van der Waals surface area contributed by atoms with Crippen LogP contribution < -0.4 is 0 Å². The summed E-state index contributed by atoms with van der Waals surface area (Å²) in [4.78, 5) is 4.61. The van der Waals surface area contributed by atoms with Crippen LogP contribution in [0.5, 0.6) is 0 Å². The molecule has 0 bridgehead atoms. The van der Waals surface area contributed by atoms with Crippen LogP contribution in [0.15, 0.2) is 48.5 Å². The Morgan fingerprint density at radius 1 is 1.06 bits per heavy atom. The van der Waals surface area contributed by atoms with Gasteiger partial charge in [0.25, 0.3) is 0 Å². The van der Waals surface area contributed by atoms with E-state index in [1.54, 1.807) is 11.3 Å². The molecule has 0 atom stereocenters. The van der Waals surface area contributed by atoms with Crippen LogP contribution in [0, 0.1) is 0 Å². The lowest BCUT2D eigenvalue weighted by Crippen LogP contribution is -1.86. The van der Waals surface area contributed by atoms with Gasteiger partial charge in [0.2, 0.25) is 0 Å². The molecule has 0 saturated heterocycles. The molecule has 17 heavy (non-hydrogen) atoms. The minimum atomic E-state index is 0.781. The Balaban J connectivity index is 1.94. The van der Waals surface area contributed by atoms with Crippen LogP contribution in [-0.4, -0.2) is 4.98 Å². The second-order valence-corrected chi connectivity index (χ2v) is 5.43. The fourth-order valence-corrected chi connectivity index (χ4v) is 3.03. The van der Waals surface area contributed by atoms with E-state index < -0.39 is 0 Å². The number of aromatic nitrogens is 1. The number of benzene rings is 2. The first-order valence-corrected chi connectivity index (χ1v) is 6.59. The third-order valence-electron chi connectivity index (χ3n) is 2.58. The molecular formula is C14H10ClNS. The second-order valence-electron chi connectivity index (χ2n) is 3.88. The summed E-state index contributed by atoms with van der Waals surface area (Å²) in [6, 6.07) is 16.2. The average molecular weight is 260 g/mol. The van der Waals surface area contributed by atoms with Crippen molar-refractivity contribution in [1.82, 2.24) is 4.98 Å². The van der Waals surface area contributed by atoms with Gasteiger partial charge in [-0.2, -0.15) is 0 Å². The molecule has 0 saturated carbocycles. The van der Waals surface area contributed by atoms with E-state index in [-0.39, 0.29) is 0 Å². The number of halogens is 1. The first kappa shape index (κ1) is 10.8. The molecule has 2 aromatic carbocycles. The average Bonchev–Trinajstić information content (AvgIpc) is 2.71. The van der Waals surface area contributed by atoms with Gasteiger partial charge in [0, 0.05) is 11.4 Å². The molecule has 0 unspecified atom stereocenters. The van der Waals surface area contributed by atoms with Crippen LogP contribution in [0.3, 0.4) is 0 Å². The lowest BCUT2D eigenvalue weighted by atomic mass is 10.2. The third-order valence-corrected chi connectivity index (χ3v) is 3.85. The minimum absolute atomic E-state index is 0.781. The van der Waals surface area contributed by atoms with Crippen LogP contribution in [0.25, 0.3) is 10.2 Å². The molecule has 3 rings (SSSR count). The molecule has 0 aliphatic carbocycles. The van der Waals surface area contributed by atoms with E-state index in [9.17, 15) is 0 Å². The maximum absolute atomic E-state index is 5.97. The Bertz CT molecular complexity index is 627. The summed E-state index contributed by atoms with van der Waals surface area (Å²) in [5.41, 5.74) is 2.28. The van der Waals surface area contributed by atoms with Crippen LogP contribution in [-0.2, 0) is 6.42 Å². The van der Waals surface area contributed by atoms with Crippen LogP contribution in [0.1, 0.15) is 10.6 Å². The first-order chi connectivity index (χ1) is 8.31. The molecule has 0 aliphatic rings. The van der Waals surface area contributed by atoms with Gasteiger partial charge in [-0.1, -0.05) is 35.9 Å². The van der Waals surface area contributed by atoms with E-state index in [2.05, 4.69) is 17.1 Å². The van der Waals surface area contributed by atoms with Crippen molar-refractivity contribution in [3.05, 3.63) is 64.1 Å². The normalized spacial score (nSPS) is 10.9. The van der Waals surface area contributed by atoms with Crippen molar-refractivity contribution in [1.29, 1.82) is 0 Å². The van der Waals surface area contributed by atoms with Crippen molar-refractivity contribution in [3.8, 4) is 0 Å². The third kappa shape index (κ3) is 2.33. The molecule has 0 fully saturated rings. The highest BCUT2D eigenvalue weighted by atomic mass is 35.5. The molecule has 1 heterocycles. The number of nitrogens with zero attached hydrogens (tertiary/aromatic N) is 1. The van der Waals surface area contributed by atoms with Gasteiger partial charge in [0.15, 0.2) is 0 Å². The molecule has 0 spiro atoms. The number of hydrogen-bond donors (Lipinski definition) is 0. The van der Waals surface area contributed by atoms with E-state index in [0.29, 0.717) is 0 Å². The summed E-state index contributed by atoms with van der Waals surface area (Å²) >= 11 is 7.72. The molecule has 0 aliphatic heterocycles. The fraction of sp³-hybridized carbons (Fsp3) is 0.0714. The highest BCUT2D eigenvalue weighted by Crippen LogP contribution is 2.24. The minimum Gasteiger partial charge on any atom is -0.241 e. The Morgan fingerprint density at radius 3 is 2.76 bits per heavy atom. The summed E-state index contributed by atoms with van der Waals surface area (Å²) in [5.74, 6) is 0. The van der Waals surface area contributed by atoms with Gasteiger partial charge in [-0.05, 0) is 29.8 Å². The zero-order valence-electron chi connectivity index (χ0n) is 9.06.